The topological polar surface area (TPSA) is 77.2 Å². The highest BCUT2D eigenvalue weighted by molar-refractivity contribution is 5.94. The van der Waals surface area contributed by atoms with E-state index in [2.05, 4.69) is 15.6 Å². The van der Waals surface area contributed by atoms with Crippen molar-refractivity contribution in [2.24, 2.45) is 0 Å². The summed E-state index contributed by atoms with van der Waals surface area (Å²) in [7, 11) is 0. The van der Waals surface area contributed by atoms with E-state index in [9.17, 15) is 9.59 Å². The van der Waals surface area contributed by atoms with Crippen molar-refractivity contribution in [3.8, 4) is 0 Å². The van der Waals surface area contributed by atoms with Gasteiger partial charge in [-0.3, -0.25) is 4.79 Å². The zero-order valence-electron chi connectivity index (χ0n) is 16.4. The van der Waals surface area contributed by atoms with Crippen LogP contribution in [0.15, 0.2) is 60.8 Å². The molecule has 2 aromatic carbocycles. The molecule has 0 bridgehead atoms. The Labute approximate surface area is 170 Å². The van der Waals surface area contributed by atoms with Gasteiger partial charge in [0.25, 0.3) is 0 Å². The first-order valence-electron chi connectivity index (χ1n) is 10.2. The van der Waals surface area contributed by atoms with Gasteiger partial charge in [0.05, 0.1) is 0 Å². The summed E-state index contributed by atoms with van der Waals surface area (Å²) in [6.45, 7) is 1.51. The van der Waals surface area contributed by atoms with Crippen LogP contribution in [0.25, 0.3) is 10.9 Å². The van der Waals surface area contributed by atoms with E-state index in [0.29, 0.717) is 12.1 Å². The third-order valence-electron chi connectivity index (χ3n) is 5.40. The van der Waals surface area contributed by atoms with Crippen molar-refractivity contribution < 1.29 is 9.59 Å². The summed E-state index contributed by atoms with van der Waals surface area (Å²) in [5.74, 6) is -0.0156. The lowest BCUT2D eigenvalue weighted by atomic mass is 10.0. The van der Waals surface area contributed by atoms with Crippen molar-refractivity contribution >= 4 is 28.5 Å². The molecule has 0 aliphatic carbocycles. The SMILES string of the molecule is O=C(Nc1ccccc1)NC(Cc1c[nH]c2ccccc12)C(=O)N1CCCCC1. The van der Waals surface area contributed by atoms with Crippen LogP contribution < -0.4 is 10.6 Å². The molecule has 1 aromatic heterocycles. The molecule has 1 saturated heterocycles. The predicted octanol–water partition coefficient (Wildman–Crippen LogP) is 3.91. The Morgan fingerprint density at radius 2 is 1.69 bits per heavy atom. The van der Waals surface area contributed by atoms with Crippen molar-refractivity contribution in [2.45, 2.75) is 31.7 Å². The maximum absolute atomic E-state index is 13.2. The predicted molar refractivity (Wildman–Crippen MR) is 115 cm³/mol. The molecule has 6 nitrogen and oxygen atoms in total. The number of hydrogen-bond donors (Lipinski definition) is 3. The number of H-pyrrole nitrogens is 1. The largest absolute Gasteiger partial charge is 0.361 e. The number of para-hydroxylation sites is 2. The second-order valence-electron chi connectivity index (χ2n) is 7.47. The van der Waals surface area contributed by atoms with E-state index in [4.69, 9.17) is 0 Å². The zero-order chi connectivity index (χ0) is 20.1. The third-order valence-corrected chi connectivity index (χ3v) is 5.40. The number of benzene rings is 2. The summed E-state index contributed by atoms with van der Waals surface area (Å²) in [6, 6.07) is 16.3. The third kappa shape index (κ3) is 4.59. The molecule has 0 saturated carbocycles. The first-order valence-corrected chi connectivity index (χ1v) is 10.2. The number of rotatable bonds is 5. The van der Waals surface area contributed by atoms with Crippen LogP contribution in [0.4, 0.5) is 10.5 Å². The lowest BCUT2D eigenvalue weighted by Gasteiger charge is -2.30. The van der Waals surface area contributed by atoms with Crippen LogP contribution in [-0.2, 0) is 11.2 Å². The molecule has 3 N–H and O–H groups in total. The average molecular weight is 390 g/mol. The number of carbonyl (C=O) groups excluding carboxylic acids is 2. The minimum atomic E-state index is -0.615. The van der Waals surface area contributed by atoms with Gasteiger partial charge in [0, 0.05) is 42.3 Å². The van der Waals surface area contributed by atoms with Crippen LogP contribution in [0.2, 0.25) is 0 Å². The molecule has 150 valence electrons. The van der Waals surface area contributed by atoms with Crippen LogP contribution in [0, 0.1) is 0 Å². The van der Waals surface area contributed by atoms with Crippen LogP contribution in [-0.4, -0.2) is 41.0 Å². The Kier molecular flexibility index (Phi) is 5.79. The van der Waals surface area contributed by atoms with Crippen molar-refractivity contribution in [2.75, 3.05) is 18.4 Å². The Balaban J connectivity index is 1.53. The van der Waals surface area contributed by atoms with Gasteiger partial charge in [-0.15, -0.1) is 0 Å². The van der Waals surface area contributed by atoms with Crippen molar-refractivity contribution in [3.63, 3.8) is 0 Å². The highest BCUT2D eigenvalue weighted by Crippen LogP contribution is 2.20. The number of amides is 3. The van der Waals surface area contributed by atoms with Crippen LogP contribution in [0.5, 0.6) is 0 Å². The number of fused-ring (bicyclic) bond motifs is 1. The summed E-state index contributed by atoms with van der Waals surface area (Å²) >= 11 is 0. The van der Waals surface area contributed by atoms with Gasteiger partial charge in [0.1, 0.15) is 6.04 Å². The monoisotopic (exact) mass is 390 g/mol. The summed E-state index contributed by atoms with van der Waals surface area (Å²) in [5.41, 5.74) is 2.75. The average Bonchev–Trinajstić information content (AvgIpc) is 3.17. The molecule has 1 aliphatic rings. The Morgan fingerprint density at radius 3 is 2.48 bits per heavy atom. The second kappa shape index (κ2) is 8.82. The molecule has 0 spiro atoms. The molecule has 1 unspecified atom stereocenters. The molecule has 2 heterocycles. The van der Waals surface area contributed by atoms with E-state index in [0.717, 1.165) is 48.8 Å². The van der Waals surface area contributed by atoms with Crippen LogP contribution in [0.3, 0.4) is 0 Å². The maximum atomic E-state index is 13.2. The standard InChI is InChI=1S/C23H26N4O2/c28-22(27-13-7-2-8-14-27)21(26-23(29)25-18-9-3-1-4-10-18)15-17-16-24-20-12-6-5-11-19(17)20/h1,3-6,9-12,16,21,24H,2,7-8,13-15H2,(H2,25,26,29). The van der Waals surface area contributed by atoms with Gasteiger partial charge in [-0.2, -0.15) is 0 Å². The van der Waals surface area contributed by atoms with E-state index >= 15 is 0 Å². The summed E-state index contributed by atoms with van der Waals surface area (Å²) in [6.07, 6.45) is 5.56. The lowest BCUT2D eigenvalue weighted by molar-refractivity contribution is -0.134. The minimum absolute atomic E-state index is 0.0156. The molecule has 3 amide bonds. The quantitative estimate of drug-likeness (QED) is 0.618. The smallest absolute Gasteiger partial charge is 0.319 e. The van der Waals surface area contributed by atoms with E-state index in [1.807, 2.05) is 65.7 Å². The van der Waals surface area contributed by atoms with E-state index in [-0.39, 0.29) is 11.9 Å². The molecule has 29 heavy (non-hydrogen) atoms. The fourth-order valence-corrected chi connectivity index (χ4v) is 3.90. The molecular weight excluding hydrogens is 364 g/mol. The van der Waals surface area contributed by atoms with Gasteiger partial charge >= 0.3 is 6.03 Å². The number of hydrogen-bond acceptors (Lipinski definition) is 2. The highest BCUT2D eigenvalue weighted by Gasteiger charge is 2.28. The number of aromatic amines is 1. The van der Waals surface area contributed by atoms with Gasteiger partial charge in [-0.1, -0.05) is 36.4 Å². The van der Waals surface area contributed by atoms with Gasteiger partial charge in [-0.25, -0.2) is 4.79 Å². The molecular formula is C23H26N4O2. The lowest BCUT2D eigenvalue weighted by Crippen LogP contribution is -2.52. The van der Waals surface area contributed by atoms with E-state index < -0.39 is 6.04 Å². The van der Waals surface area contributed by atoms with Gasteiger partial charge < -0.3 is 20.5 Å². The molecule has 1 fully saturated rings. The van der Waals surface area contributed by atoms with E-state index in [1.165, 1.54) is 0 Å². The molecule has 6 heteroatoms. The number of anilines is 1. The number of carbonyl (C=O) groups is 2. The number of nitrogens with one attached hydrogen (secondary N) is 3. The first-order chi connectivity index (χ1) is 14.2. The van der Waals surface area contributed by atoms with E-state index in [1.54, 1.807) is 0 Å². The fraction of sp³-hybridized carbons (Fsp3) is 0.304. The van der Waals surface area contributed by atoms with Gasteiger partial charge in [0.2, 0.25) is 5.91 Å². The number of nitrogens with zero attached hydrogens (tertiary/aromatic N) is 1. The molecule has 1 atom stereocenters. The molecule has 0 radical (unpaired) electrons. The Bertz CT molecular complexity index is 977. The van der Waals surface area contributed by atoms with Crippen molar-refractivity contribution in [3.05, 3.63) is 66.4 Å². The molecule has 3 aromatic rings. The maximum Gasteiger partial charge on any atom is 0.319 e. The normalized spacial score (nSPS) is 15.1. The molecule has 4 rings (SSSR count). The fourth-order valence-electron chi connectivity index (χ4n) is 3.90. The van der Waals surface area contributed by atoms with Crippen LogP contribution >= 0.6 is 0 Å². The number of aromatic nitrogens is 1. The highest BCUT2D eigenvalue weighted by atomic mass is 16.2. The minimum Gasteiger partial charge on any atom is -0.361 e. The zero-order valence-corrected chi connectivity index (χ0v) is 16.4. The Morgan fingerprint density at radius 1 is 0.966 bits per heavy atom. The Hall–Kier alpha value is -3.28. The van der Waals surface area contributed by atoms with Crippen molar-refractivity contribution in [1.29, 1.82) is 0 Å². The number of urea groups is 1. The number of likely N-dealkylation sites (tertiary alicyclic amines) is 1. The van der Waals surface area contributed by atoms with Crippen LogP contribution in [0.1, 0.15) is 24.8 Å². The molecule has 1 aliphatic heterocycles. The van der Waals surface area contributed by atoms with Gasteiger partial charge in [-0.05, 0) is 43.0 Å². The summed E-state index contributed by atoms with van der Waals surface area (Å²) in [5, 5.41) is 6.81. The van der Waals surface area contributed by atoms with Crippen molar-refractivity contribution in [1.82, 2.24) is 15.2 Å². The van der Waals surface area contributed by atoms with Gasteiger partial charge in [0.15, 0.2) is 0 Å². The summed E-state index contributed by atoms with van der Waals surface area (Å²) in [4.78, 5) is 31.0. The second-order valence-corrected chi connectivity index (χ2v) is 7.47. The number of piperidine rings is 1. The summed E-state index contributed by atoms with van der Waals surface area (Å²) < 4.78 is 0. The first kappa shape index (κ1) is 19.1.